The van der Waals surface area contributed by atoms with Crippen LogP contribution in [0.15, 0.2) is 18.2 Å². The molecule has 6 heteroatoms. The van der Waals surface area contributed by atoms with Crippen molar-refractivity contribution >= 4 is 0 Å². The molecule has 0 aliphatic heterocycles. The summed E-state index contributed by atoms with van der Waals surface area (Å²) in [6.07, 6.45) is -4.70. The van der Waals surface area contributed by atoms with E-state index in [9.17, 15) is 17.6 Å². The molecule has 0 heterocycles. The van der Waals surface area contributed by atoms with Crippen molar-refractivity contribution in [2.75, 3.05) is 7.11 Å². The highest BCUT2D eigenvalue weighted by Gasteiger charge is 2.40. The predicted molar refractivity (Wildman–Crippen MR) is 45.9 cm³/mol. The van der Waals surface area contributed by atoms with Gasteiger partial charge in [-0.1, -0.05) is 6.07 Å². The minimum Gasteiger partial charge on any atom is -0.496 e. The van der Waals surface area contributed by atoms with Gasteiger partial charge in [0.25, 0.3) is 0 Å². The summed E-state index contributed by atoms with van der Waals surface area (Å²) in [5, 5.41) is 0. The quantitative estimate of drug-likeness (QED) is 0.781. The molecule has 0 aliphatic rings. The highest BCUT2D eigenvalue weighted by molar-refractivity contribution is 5.37. The van der Waals surface area contributed by atoms with Gasteiger partial charge in [0.1, 0.15) is 17.6 Å². The zero-order valence-corrected chi connectivity index (χ0v) is 7.81. The van der Waals surface area contributed by atoms with Crippen molar-refractivity contribution in [2.24, 2.45) is 5.73 Å². The number of hydrogen-bond acceptors (Lipinski definition) is 2. The lowest BCUT2D eigenvalue weighted by molar-refractivity contribution is -0.150. The van der Waals surface area contributed by atoms with Crippen LogP contribution >= 0.6 is 0 Å². The van der Waals surface area contributed by atoms with Gasteiger partial charge in [-0.15, -0.1) is 0 Å². The van der Waals surface area contributed by atoms with E-state index in [1.165, 1.54) is 12.1 Å². The first-order chi connectivity index (χ1) is 6.88. The number of benzene rings is 1. The van der Waals surface area contributed by atoms with Crippen molar-refractivity contribution < 1.29 is 22.3 Å². The summed E-state index contributed by atoms with van der Waals surface area (Å²) < 4.78 is 54.6. The van der Waals surface area contributed by atoms with Crippen LogP contribution in [0.1, 0.15) is 11.6 Å². The van der Waals surface area contributed by atoms with Crippen LogP contribution < -0.4 is 10.5 Å². The van der Waals surface area contributed by atoms with E-state index in [4.69, 9.17) is 5.73 Å². The summed E-state index contributed by atoms with van der Waals surface area (Å²) in [4.78, 5) is 0. The van der Waals surface area contributed by atoms with Gasteiger partial charge < -0.3 is 10.5 Å². The third kappa shape index (κ3) is 2.38. The summed E-state index contributed by atoms with van der Waals surface area (Å²) in [5.41, 5.74) is 4.23. The van der Waals surface area contributed by atoms with Crippen LogP contribution in [-0.4, -0.2) is 13.3 Å². The predicted octanol–water partition coefficient (Wildman–Crippen LogP) is 2.40. The van der Waals surface area contributed by atoms with Gasteiger partial charge in [-0.25, -0.2) is 4.39 Å². The maximum atomic E-state index is 13.2. The zero-order valence-electron chi connectivity index (χ0n) is 7.81. The molecule has 0 aliphatic carbocycles. The Bertz CT molecular complexity index is 350. The summed E-state index contributed by atoms with van der Waals surface area (Å²) in [6.45, 7) is 0. The Kier molecular flexibility index (Phi) is 3.18. The minimum absolute atomic E-state index is 0.208. The van der Waals surface area contributed by atoms with Crippen molar-refractivity contribution in [3.8, 4) is 5.75 Å². The number of hydrogen-bond donors (Lipinski definition) is 1. The second-order valence-electron chi connectivity index (χ2n) is 2.88. The SMILES string of the molecule is COc1cccc(F)c1[C@H](N)C(F)(F)F. The Morgan fingerprint density at radius 3 is 2.40 bits per heavy atom. The minimum atomic E-state index is -4.70. The topological polar surface area (TPSA) is 35.2 Å². The van der Waals surface area contributed by atoms with Crippen molar-refractivity contribution in [3.05, 3.63) is 29.6 Å². The molecule has 0 radical (unpaired) electrons. The van der Waals surface area contributed by atoms with Crippen LogP contribution in [0.4, 0.5) is 17.6 Å². The molecule has 1 atom stereocenters. The average molecular weight is 223 g/mol. The van der Waals surface area contributed by atoms with Gasteiger partial charge in [-0.3, -0.25) is 0 Å². The summed E-state index contributed by atoms with van der Waals surface area (Å²) >= 11 is 0. The van der Waals surface area contributed by atoms with E-state index in [1.54, 1.807) is 0 Å². The molecule has 0 spiro atoms. The molecule has 2 N–H and O–H groups in total. The second kappa shape index (κ2) is 4.06. The fraction of sp³-hybridized carbons (Fsp3) is 0.333. The smallest absolute Gasteiger partial charge is 0.407 e. The van der Waals surface area contributed by atoms with Gasteiger partial charge in [0, 0.05) is 0 Å². The molecule has 0 bridgehead atoms. The van der Waals surface area contributed by atoms with Gasteiger partial charge in [0.15, 0.2) is 0 Å². The first kappa shape index (κ1) is 11.8. The Morgan fingerprint density at radius 2 is 1.93 bits per heavy atom. The fourth-order valence-corrected chi connectivity index (χ4v) is 1.16. The van der Waals surface area contributed by atoms with Gasteiger partial charge in [0.2, 0.25) is 0 Å². The van der Waals surface area contributed by atoms with Gasteiger partial charge in [-0.05, 0) is 12.1 Å². The molecule has 0 saturated carbocycles. The zero-order chi connectivity index (χ0) is 11.6. The lowest BCUT2D eigenvalue weighted by Gasteiger charge is -2.18. The van der Waals surface area contributed by atoms with E-state index in [1.807, 2.05) is 0 Å². The highest BCUT2D eigenvalue weighted by Crippen LogP contribution is 2.36. The van der Waals surface area contributed by atoms with E-state index in [0.29, 0.717) is 0 Å². The molecule has 2 nitrogen and oxygen atoms in total. The van der Waals surface area contributed by atoms with Gasteiger partial charge >= 0.3 is 6.18 Å². The third-order valence-corrected chi connectivity index (χ3v) is 1.90. The van der Waals surface area contributed by atoms with Crippen LogP contribution in [0.3, 0.4) is 0 Å². The van der Waals surface area contributed by atoms with Crippen LogP contribution in [0, 0.1) is 5.82 Å². The molecule has 1 aromatic carbocycles. The van der Waals surface area contributed by atoms with E-state index >= 15 is 0 Å². The Morgan fingerprint density at radius 1 is 1.33 bits per heavy atom. The Balaban J connectivity index is 3.23. The molecule has 0 amide bonds. The number of ether oxygens (including phenoxy) is 1. The van der Waals surface area contributed by atoms with Crippen molar-refractivity contribution in [1.29, 1.82) is 0 Å². The molecule has 1 rings (SSSR count). The van der Waals surface area contributed by atoms with Gasteiger partial charge in [0.05, 0.1) is 12.7 Å². The molecule has 1 aromatic rings. The van der Waals surface area contributed by atoms with Crippen molar-refractivity contribution in [3.63, 3.8) is 0 Å². The Hall–Kier alpha value is -1.30. The summed E-state index contributed by atoms with van der Waals surface area (Å²) in [5.74, 6) is -1.24. The van der Waals surface area contributed by atoms with Crippen LogP contribution in [-0.2, 0) is 0 Å². The molecule has 0 fully saturated rings. The van der Waals surface area contributed by atoms with Gasteiger partial charge in [-0.2, -0.15) is 13.2 Å². The molecule has 0 saturated heterocycles. The number of alkyl halides is 3. The third-order valence-electron chi connectivity index (χ3n) is 1.90. The monoisotopic (exact) mass is 223 g/mol. The molecular weight excluding hydrogens is 214 g/mol. The molecule has 0 aromatic heterocycles. The highest BCUT2D eigenvalue weighted by atomic mass is 19.4. The molecule has 84 valence electrons. The maximum Gasteiger partial charge on any atom is 0.407 e. The summed E-state index contributed by atoms with van der Waals surface area (Å²) in [6, 6.07) is 1.00. The number of halogens is 4. The van der Waals surface area contributed by atoms with Crippen LogP contribution in [0.5, 0.6) is 5.75 Å². The lowest BCUT2D eigenvalue weighted by Crippen LogP contribution is -2.29. The standard InChI is InChI=1S/C9H9F4NO/c1-15-6-4-2-3-5(10)7(6)8(14)9(11,12)13/h2-4,8H,14H2,1H3/t8-/m0/s1. The molecular formula is C9H9F4NO. The largest absolute Gasteiger partial charge is 0.496 e. The van der Waals surface area contributed by atoms with Crippen molar-refractivity contribution in [2.45, 2.75) is 12.2 Å². The first-order valence-corrected chi connectivity index (χ1v) is 4.02. The van der Waals surface area contributed by atoms with Crippen LogP contribution in [0.2, 0.25) is 0 Å². The molecule has 0 unspecified atom stereocenters. The normalized spacial score (nSPS) is 13.7. The first-order valence-electron chi connectivity index (χ1n) is 4.02. The van der Waals surface area contributed by atoms with E-state index in [2.05, 4.69) is 4.74 Å². The summed E-state index contributed by atoms with van der Waals surface area (Å²) in [7, 11) is 1.15. The van der Waals surface area contributed by atoms with E-state index in [0.717, 1.165) is 13.2 Å². The maximum absolute atomic E-state index is 13.2. The average Bonchev–Trinajstić information content (AvgIpc) is 2.15. The number of methoxy groups -OCH3 is 1. The second-order valence-corrected chi connectivity index (χ2v) is 2.88. The fourth-order valence-electron chi connectivity index (χ4n) is 1.16. The van der Waals surface area contributed by atoms with Crippen molar-refractivity contribution in [1.82, 2.24) is 0 Å². The molecule has 15 heavy (non-hydrogen) atoms. The number of rotatable bonds is 2. The van der Waals surface area contributed by atoms with Crippen LogP contribution in [0.25, 0.3) is 0 Å². The lowest BCUT2D eigenvalue weighted by atomic mass is 10.1. The Labute approximate surface area is 83.6 Å². The number of nitrogens with two attached hydrogens (primary N) is 1. The van der Waals surface area contributed by atoms with E-state index < -0.39 is 23.6 Å². The van der Waals surface area contributed by atoms with E-state index in [-0.39, 0.29) is 5.75 Å².